The topological polar surface area (TPSA) is 37.0 Å². The molecule has 1 saturated heterocycles. The molecule has 3 nitrogen and oxygen atoms in total. The van der Waals surface area contributed by atoms with Crippen LogP contribution in [0.25, 0.3) is 0 Å². The molecule has 1 aromatic rings. The minimum absolute atomic E-state index is 0.694. The van der Waals surface area contributed by atoms with Crippen molar-refractivity contribution in [2.75, 3.05) is 6.54 Å². The molecule has 2 aliphatic rings. The number of hydrogen-bond donors (Lipinski definition) is 2. The fraction of sp³-hybridized carbons (Fsp3) is 0.800. The zero-order valence-electron chi connectivity index (χ0n) is 11.8. The Balaban J connectivity index is 1.54. The van der Waals surface area contributed by atoms with Crippen molar-refractivity contribution in [2.45, 2.75) is 64.1 Å². The molecule has 0 radical (unpaired) electrons. The standard InChI is InChI=1S/C15H25N3S/c1-11-10-19-15(18-11)9-17-14-7-4-5-12(14)13-6-2-3-8-16-13/h10,12-14,16-17H,2-9H2,1H3. The van der Waals surface area contributed by atoms with E-state index in [1.807, 2.05) is 0 Å². The maximum absolute atomic E-state index is 4.55. The molecule has 19 heavy (non-hydrogen) atoms. The predicted octanol–water partition coefficient (Wildman–Crippen LogP) is 2.85. The van der Waals surface area contributed by atoms with E-state index >= 15 is 0 Å². The summed E-state index contributed by atoms with van der Waals surface area (Å²) in [5.74, 6) is 0.835. The first kappa shape index (κ1) is 13.5. The minimum atomic E-state index is 0.694. The van der Waals surface area contributed by atoms with Gasteiger partial charge in [-0.05, 0) is 45.1 Å². The van der Waals surface area contributed by atoms with Crippen LogP contribution in [0.4, 0.5) is 0 Å². The SMILES string of the molecule is Cc1csc(CNC2CCCC2C2CCCCN2)n1. The van der Waals surface area contributed by atoms with Crippen LogP contribution in [0.2, 0.25) is 0 Å². The number of aryl methyl sites for hydroxylation is 1. The Hall–Kier alpha value is -0.450. The van der Waals surface area contributed by atoms with Crippen LogP contribution >= 0.6 is 11.3 Å². The molecule has 3 rings (SSSR count). The molecule has 1 aliphatic carbocycles. The lowest BCUT2D eigenvalue weighted by Gasteiger charge is -2.33. The Bertz CT molecular complexity index is 398. The molecule has 2 fully saturated rings. The van der Waals surface area contributed by atoms with E-state index in [2.05, 4.69) is 27.9 Å². The zero-order valence-corrected chi connectivity index (χ0v) is 12.6. The van der Waals surface area contributed by atoms with Gasteiger partial charge < -0.3 is 10.6 Å². The number of thiazole rings is 1. The van der Waals surface area contributed by atoms with Crippen molar-refractivity contribution < 1.29 is 0 Å². The van der Waals surface area contributed by atoms with Gasteiger partial charge in [-0.25, -0.2) is 4.98 Å². The van der Waals surface area contributed by atoms with E-state index in [-0.39, 0.29) is 0 Å². The molecule has 3 atom stereocenters. The van der Waals surface area contributed by atoms with Crippen molar-refractivity contribution in [1.29, 1.82) is 0 Å². The van der Waals surface area contributed by atoms with E-state index in [1.165, 1.54) is 50.1 Å². The molecule has 0 spiro atoms. The molecule has 0 aromatic carbocycles. The van der Waals surface area contributed by atoms with Gasteiger partial charge in [-0.15, -0.1) is 11.3 Å². The number of piperidine rings is 1. The van der Waals surface area contributed by atoms with E-state index in [9.17, 15) is 0 Å². The second kappa shape index (κ2) is 6.33. The molecule has 2 heterocycles. The Morgan fingerprint density at radius 2 is 2.26 bits per heavy atom. The average Bonchev–Trinajstić information content (AvgIpc) is 3.06. The van der Waals surface area contributed by atoms with E-state index < -0.39 is 0 Å². The van der Waals surface area contributed by atoms with Crippen molar-refractivity contribution in [3.05, 3.63) is 16.1 Å². The summed E-state index contributed by atoms with van der Waals surface area (Å²) in [6.07, 6.45) is 8.27. The predicted molar refractivity (Wildman–Crippen MR) is 80.5 cm³/mol. The fourth-order valence-electron chi connectivity index (χ4n) is 3.67. The van der Waals surface area contributed by atoms with Crippen LogP contribution in [0.1, 0.15) is 49.2 Å². The Morgan fingerprint density at radius 1 is 1.32 bits per heavy atom. The monoisotopic (exact) mass is 279 g/mol. The van der Waals surface area contributed by atoms with Gasteiger partial charge in [-0.1, -0.05) is 12.8 Å². The zero-order chi connectivity index (χ0) is 13.1. The maximum atomic E-state index is 4.55. The molecular weight excluding hydrogens is 254 g/mol. The molecule has 1 saturated carbocycles. The summed E-state index contributed by atoms with van der Waals surface area (Å²) in [5, 5.41) is 10.9. The van der Waals surface area contributed by atoms with Gasteiger partial charge >= 0.3 is 0 Å². The number of nitrogens with one attached hydrogen (secondary N) is 2. The second-order valence-corrected chi connectivity index (χ2v) is 6.96. The van der Waals surface area contributed by atoms with E-state index in [1.54, 1.807) is 11.3 Å². The van der Waals surface area contributed by atoms with Crippen molar-refractivity contribution in [1.82, 2.24) is 15.6 Å². The third kappa shape index (κ3) is 3.36. The first-order valence-electron chi connectivity index (χ1n) is 7.71. The lowest BCUT2D eigenvalue weighted by Crippen LogP contribution is -2.46. The van der Waals surface area contributed by atoms with Gasteiger partial charge in [0.15, 0.2) is 0 Å². The van der Waals surface area contributed by atoms with Gasteiger partial charge in [0.2, 0.25) is 0 Å². The van der Waals surface area contributed by atoms with Gasteiger partial charge in [0.25, 0.3) is 0 Å². The highest BCUT2D eigenvalue weighted by Crippen LogP contribution is 2.32. The van der Waals surface area contributed by atoms with Crippen molar-refractivity contribution >= 4 is 11.3 Å². The highest BCUT2D eigenvalue weighted by molar-refractivity contribution is 7.09. The molecule has 0 amide bonds. The van der Waals surface area contributed by atoms with Crippen LogP contribution in [0, 0.1) is 12.8 Å². The van der Waals surface area contributed by atoms with Gasteiger partial charge in [-0.3, -0.25) is 0 Å². The number of nitrogens with zero attached hydrogens (tertiary/aromatic N) is 1. The lowest BCUT2D eigenvalue weighted by molar-refractivity contribution is 0.257. The van der Waals surface area contributed by atoms with Crippen LogP contribution in [0.5, 0.6) is 0 Å². The third-order valence-corrected chi connectivity index (χ3v) is 5.58. The summed E-state index contributed by atoms with van der Waals surface area (Å²) in [6.45, 7) is 4.25. The van der Waals surface area contributed by atoms with Crippen molar-refractivity contribution in [3.8, 4) is 0 Å². The van der Waals surface area contributed by atoms with Crippen molar-refractivity contribution in [2.24, 2.45) is 5.92 Å². The number of aromatic nitrogens is 1. The Kier molecular flexibility index (Phi) is 4.51. The highest BCUT2D eigenvalue weighted by atomic mass is 32.1. The quantitative estimate of drug-likeness (QED) is 0.890. The van der Waals surface area contributed by atoms with E-state index in [0.717, 1.165) is 24.2 Å². The van der Waals surface area contributed by atoms with Gasteiger partial charge in [0.05, 0.1) is 0 Å². The summed E-state index contributed by atoms with van der Waals surface area (Å²) < 4.78 is 0. The van der Waals surface area contributed by atoms with Crippen molar-refractivity contribution in [3.63, 3.8) is 0 Å². The Morgan fingerprint density at radius 3 is 3.00 bits per heavy atom. The molecule has 0 bridgehead atoms. The molecule has 1 aliphatic heterocycles. The second-order valence-electron chi connectivity index (χ2n) is 6.02. The number of rotatable bonds is 4. The lowest BCUT2D eigenvalue weighted by atomic mass is 9.88. The molecule has 1 aromatic heterocycles. The van der Waals surface area contributed by atoms with Crippen LogP contribution in [0.3, 0.4) is 0 Å². The Labute approximate surface area is 120 Å². The van der Waals surface area contributed by atoms with Crippen LogP contribution < -0.4 is 10.6 Å². The average molecular weight is 279 g/mol. The molecular formula is C15H25N3S. The number of hydrogen-bond acceptors (Lipinski definition) is 4. The maximum Gasteiger partial charge on any atom is 0.107 e. The molecule has 3 unspecified atom stereocenters. The van der Waals surface area contributed by atoms with Gasteiger partial charge in [-0.2, -0.15) is 0 Å². The van der Waals surface area contributed by atoms with Gasteiger partial charge in [0.1, 0.15) is 5.01 Å². The summed E-state index contributed by atoms with van der Waals surface area (Å²) in [6, 6.07) is 1.45. The fourth-order valence-corrected chi connectivity index (χ4v) is 4.39. The first-order chi connectivity index (χ1) is 9.33. The first-order valence-corrected chi connectivity index (χ1v) is 8.58. The molecule has 106 valence electrons. The third-order valence-electron chi connectivity index (χ3n) is 4.62. The highest BCUT2D eigenvalue weighted by Gasteiger charge is 2.33. The van der Waals surface area contributed by atoms with E-state index in [0.29, 0.717) is 6.04 Å². The van der Waals surface area contributed by atoms with Crippen LogP contribution in [0.15, 0.2) is 5.38 Å². The molecule has 4 heteroatoms. The molecule has 2 N–H and O–H groups in total. The summed E-state index contributed by atoms with van der Waals surface area (Å²) in [5.41, 5.74) is 1.15. The van der Waals surface area contributed by atoms with Crippen LogP contribution in [-0.2, 0) is 6.54 Å². The summed E-state index contributed by atoms with van der Waals surface area (Å²) in [7, 11) is 0. The largest absolute Gasteiger partial charge is 0.314 e. The van der Waals surface area contributed by atoms with Gasteiger partial charge in [0, 0.05) is 29.7 Å². The van der Waals surface area contributed by atoms with E-state index in [4.69, 9.17) is 0 Å². The van der Waals surface area contributed by atoms with Crippen LogP contribution in [-0.4, -0.2) is 23.6 Å². The smallest absolute Gasteiger partial charge is 0.107 e. The minimum Gasteiger partial charge on any atom is -0.314 e. The summed E-state index contributed by atoms with van der Waals surface area (Å²) >= 11 is 1.78. The summed E-state index contributed by atoms with van der Waals surface area (Å²) in [4.78, 5) is 4.55. The normalized spacial score (nSPS) is 31.7.